The molecule has 3 N–H and O–H groups in total. The van der Waals surface area contributed by atoms with E-state index in [4.69, 9.17) is 10.5 Å². The number of primary amides is 1. The topological polar surface area (TPSA) is 67.6 Å². The normalized spacial score (nSPS) is 17.8. The lowest BCUT2D eigenvalue weighted by Gasteiger charge is -2.33. The molecule has 0 radical (unpaired) electrons. The standard InChI is InChI=1S/C18H29N3O2/c1-13(20-15-9-11-21(12-10-15)17(19)22)14-5-7-16(8-6-14)23-18(2,3)4/h5-8,13,15,20H,9-12H2,1-4H3,(H2,19,22). The first-order chi connectivity index (χ1) is 10.7. The van der Waals surface area contributed by atoms with Gasteiger partial charge >= 0.3 is 6.03 Å². The summed E-state index contributed by atoms with van der Waals surface area (Å²) in [5.41, 5.74) is 6.38. The van der Waals surface area contributed by atoms with E-state index in [1.807, 2.05) is 32.9 Å². The van der Waals surface area contributed by atoms with Gasteiger partial charge in [-0.05, 0) is 58.2 Å². The van der Waals surface area contributed by atoms with Crippen molar-refractivity contribution in [1.82, 2.24) is 10.2 Å². The summed E-state index contributed by atoms with van der Waals surface area (Å²) in [5, 5.41) is 3.64. The van der Waals surface area contributed by atoms with Gasteiger partial charge in [-0.3, -0.25) is 0 Å². The molecular weight excluding hydrogens is 290 g/mol. The van der Waals surface area contributed by atoms with Crippen LogP contribution in [0.2, 0.25) is 0 Å². The van der Waals surface area contributed by atoms with E-state index >= 15 is 0 Å². The Hall–Kier alpha value is -1.75. The molecule has 1 fully saturated rings. The summed E-state index contributed by atoms with van der Waals surface area (Å²) in [6, 6.07) is 8.64. The van der Waals surface area contributed by atoms with E-state index in [1.165, 1.54) is 5.56 Å². The number of rotatable bonds is 4. The lowest BCUT2D eigenvalue weighted by molar-refractivity contribution is 0.131. The molecule has 5 nitrogen and oxygen atoms in total. The number of nitrogens with two attached hydrogens (primary N) is 1. The number of ether oxygens (including phenoxy) is 1. The van der Waals surface area contributed by atoms with E-state index < -0.39 is 0 Å². The Kier molecular flexibility index (Phi) is 5.52. The summed E-state index contributed by atoms with van der Waals surface area (Å²) in [5.74, 6) is 0.892. The lowest BCUT2D eigenvalue weighted by Crippen LogP contribution is -2.47. The fourth-order valence-electron chi connectivity index (χ4n) is 2.89. The highest BCUT2D eigenvalue weighted by molar-refractivity contribution is 5.72. The van der Waals surface area contributed by atoms with Crippen LogP contribution in [-0.2, 0) is 0 Å². The predicted molar refractivity (Wildman–Crippen MR) is 92.6 cm³/mol. The van der Waals surface area contributed by atoms with Crippen LogP contribution in [0.1, 0.15) is 52.1 Å². The van der Waals surface area contributed by atoms with Crippen molar-refractivity contribution in [3.63, 3.8) is 0 Å². The van der Waals surface area contributed by atoms with Gasteiger partial charge in [-0.15, -0.1) is 0 Å². The molecular formula is C18H29N3O2. The average molecular weight is 319 g/mol. The Morgan fingerprint density at radius 1 is 1.26 bits per heavy atom. The van der Waals surface area contributed by atoms with E-state index in [-0.39, 0.29) is 17.7 Å². The minimum Gasteiger partial charge on any atom is -0.488 e. The second-order valence-electron chi connectivity index (χ2n) is 7.27. The summed E-state index contributed by atoms with van der Waals surface area (Å²) < 4.78 is 5.85. The summed E-state index contributed by atoms with van der Waals surface area (Å²) in [4.78, 5) is 12.9. The molecule has 0 aromatic heterocycles. The molecule has 1 heterocycles. The minimum absolute atomic E-state index is 0.181. The van der Waals surface area contributed by atoms with Crippen LogP contribution in [0, 0.1) is 0 Å². The summed E-state index contributed by atoms with van der Waals surface area (Å²) in [7, 11) is 0. The maximum absolute atomic E-state index is 11.2. The molecule has 2 amide bonds. The highest BCUT2D eigenvalue weighted by Crippen LogP contribution is 2.22. The monoisotopic (exact) mass is 319 g/mol. The van der Waals surface area contributed by atoms with Crippen molar-refractivity contribution in [2.24, 2.45) is 5.73 Å². The number of carbonyl (C=O) groups is 1. The predicted octanol–water partition coefficient (Wildman–Crippen LogP) is 3.06. The van der Waals surface area contributed by atoms with Gasteiger partial charge in [0.25, 0.3) is 0 Å². The molecule has 0 spiro atoms. The number of hydrogen-bond acceptors (Lipinski definition) is 3. The first-order valence-corrected chi connectivity index (χ1v) is 8.34. The number of amides is 2. The van der Waals surface area contributed by atoms with Crippen LogP contribution in [0.4, 0.5) is 4.79 Å². The van der Waals surface area contributed by atoms with Crippen molar-refractivity contribution >= 4 is 6.03 Å². The third kappa shape index (κ3) is 5.43. The molecule has 1 aromatic rings. The molecule has 0 bridgehead atoms. The Labute approximate surface area is 139 Å². The van der Waals surface area contributed by atoms with Crippen LogP contribution >= 0.6 is 0 Å². The van der Waals surface area contributed by atoms with Gasteiger partial charge in [-0.1, -0.05) is 12.1 Å². The van der Waals surface area contributed by atoms with Gasteiger partial charge < -0.3 is 20.7 Å². The molecule has 0 saturated carbocycles. The zero-order chi connectivity index (χ0) is 17.0. The zero-order valence-corrected chi connectivity index (χ0v) is 14.6. The third-order valence-corrected chi connectivity index (χ3v) is 4.10. The molecule has 2 rings (SSSR count). The van der Waals surface area contributed by atoms with Crippen LogP contribution in [-0.4, -0.2) is 35.7 Å². The van der Waals surface area contributed by atoms with Crippen LogP contribution in [0.15, 0.2) is 24.3 Å². The number of likely N-dealkylation sites (tertiary alicyclic amines) is 1. The molecule has 1 aromatic carbocycles. The summed E-state index contributed by atoms with van der Waals surface area (Å²) in [6.45, 7) is 9.77. The van der Waals surface area contributed by atoms with Crippen LogP contribution in [0.5, 0.6) is 5.75 Å². The van der Waals surface area contributed by atoms with Gasteiger partial charge in [0, 0.05) is 25.2 Å². The number of urea groups is 1. The van der Waals surface area contributed by atoms with E-state index in [9.17, 15) is 4.79 Å². The van der Waals surface area contributed by atoms with Crippen LogP contribution < -0.4 is 15.8 Å². The van der Waals surface area contributed by atoms with Crippen molar-refractivity contribution < 1.29 is 9.53 Å². The van der Waals surface area contributed by atoms with Crippen LogP contribution in [0.3, 0.4) is 0 Å². The zero-order valence-electron chi connectivity index (χ0n) is 14.6. The SMILES string of the molecule is CC(NC1CCN(C(N)=O)CC1)c1ccc(OC(C)(C)C)cc1. The summed E-state index contributed by atoms with van der Waals surface area (Å²) in [6.07, 6.45) is 1.89. The van der Waals surface area contributed by atoms with Gasteiger partial charge in [0.1, 0.15) is 11.4 Å². The first kappa shape index (κ1) is 17.6. The maximum atomic E-state index is 11.2. The Morgan fingerprint density at radius 3 is 2.30 bits per heavy atom. The maximum Gasteiger partial charge on any atom is 0.314 e. The van der Waals surface area contributed by atoms with Gasteiger partial charge in [0.2, 0.25) is 0 Å². The molecule has 5 heteroatoms. The number of piperidine rings is 1. The fourth-order valence-corrected chi connectivity index (χ4v) is 2.89. The molecule has 128 valence electrons. The number of carbonyl (C=O) groups excluding carboxylic acids is 1. The summed E-state index contributed by atoms with van der Waals surface area (Å²) >= 11 is 0. The Bertz CT molecular complexity index is 514. The minimum atomic E-state index is -0.314. The van der Waals surface area contributed by atoms with E-state index in [2.05, 4.69) is 24.4 Å². The number of nitrogens with zero attached hydrogens (tertiary/aromatic N) is 1. The average Bonchev–Trinajstić information content (AvgIpc) is 2.46. The largest absolute Gasteiger partial charge is 0.488 e. The smallest absolute Gasteiger partial charge is 0.314 e. The third-order valence-electron chi connectivity index (χ3n) is 4.10. The molecule has 1 saturated heterocycles. The van der Waals surface area contributed by atoms with Crippen molar-refractivity contribution in [2.75, 3.05) is 13.1 Å². The number of hydrogen-bond donors (Lipinski definition) is 2. The molecule has 1 aliphatic heterocycles. The Morgan fingerprint density at radius 2 is 1.83 bits per heavy atom. The quantitative estimate of drug-likeness (QED) is 0.896. The van der Waals surface area contributed by atoms with Gasteiger partial charge in [-0.2, -0.15) is 0 Å². The van der Waals surface area contributed by atoms with Crippen molar-refractivity contribution in [1.29, 1.82) is 0 Å². The van der Waals surface area contributed by atoms with E-state index in [0.717, 1.165) is 31.7 Å². The van der Waals surface area contributed by atoms with Crippen LogP contribution in [0.25, 0.3) is 0 Å². The molecule has 1 atom stereocenters. The van der Waals surface area contributed by atoms with Crippen molar-refractivity contribution in [2.45, 2.75) is 58.2 Å². The van der Waals surface area contributed by atoms with Crippen molar-refractivity contribution in [3.8, 4) is 5.75 Å². The lowest BCUT2D eigenvalue weighted by atomic mass is 10.0. The van der Waals surface area contributed by atoms with E-state index in [1.54, 1.807) is 4.90 Å². The van der Waals surface area contributed by atoms with E-state index in [0.29, 0.717) is 6.04 Å². The first-order valence-electron chi connectivity index (χ1n) is 8.34. The van der Waals surface area contributed by atoms with Crippen molar-refractivity contribution in [3.05, 3.63) is 29.8 Å². The van der Waals surface area contributed by atoms with Gasteiger partial charge in [0.15, 0.2) is 0 Å². The Balaban J connectivity index is 1.86. The number of nitrogens with one attached hydrogen (secondary N) is 1. The molecule has 0 aliphatic carbocycles. The van der Waals surface area contributed by atoms with Gasteiger partial charge in [-0.25, -0.2) is 4.79 Å². The fraction of sp³-hybridized carbons (Fsp3) is 0.611. The molecule has 1 aliphatic rings. The number of benzene rings is 1. The second kappa shape index (κ2) is 7.21. The molecule has 1 unspecified atom stereocenters. The van der Waals surface area contributed by atoms with Gasteiger partial charge in [0.05, 0.1) is 0 Å². The highest BCUT2D eigenvalue weighted by Gasteiger charge is 2.22. The molecule has 23 heavy (non-hydrogen) atoms. The second-order valence-corrected chi connectivity index (χ2v) is 7.27. The highest BCUT2D eigenvalue weighted by atomic mass is 16.5.